The Labute approximate surface area is 119 Å². The molecule has 7 nitrogen and oxygen atoms in total. The van der Waals surface area contributed by atoms with Gasteiger partial charge in [0.05, 0.1) is 10.6 Å². The molecule has 21 heavy (non-hydrogen) atoms. The predicted octanol–water partition coefficient (Wildman–Crippen LogP) is 2.12. The van der Waals surface area contributed by atoms with E-state index in [1.165, 1.54) is 24.3 Å². The Bertz CT molecular complexity index is 808. The van der Waals surface area contributed by atoms with Crippen LogP contribution >= 0.6 is 0 Å². The van der Waals surface area contributed by atoms with Crippen LogP contribution in [0.2, 0.25) is 0 Å². The quantitative estimate of drug-likeness (QED) is 0.510. The average molecular weight is 311 g/mol. The summed E-state index contributed by atoms with van der Waals surface area (Å²) in [5.41, 5.74) is 4.78. The molecule has 0 saturated carbocycles. The van der Waals surface area contributed by atoms with Crippen molar-refractivity contribution in [3.63, 3.8) is 0 Å². The number of hydrogen-bond donors (Lipinski definition) is 2. The second-order valence-electron chi connectivity index (χ2n) is 4.07. The molecular weight excluding hydrogens is 301 g/mol. The molecule has 110 valence electrons. The van der Waals surface area contributed by atoms with Crippen LogP contribution in [0.4, 0.5) is 21.5 Å². The lowest BCUT2D eigenvalue weighted by molar-refractivity contribution is -0.383. The first kappa shape index (κ1) is 14.7. The lowest BCUT2D eigenvalue weighted by Crippen LogP contribution is -2.14. The number of anilines is 2. The summed E-state index contributed by atoms with van der Waals surface area (Å²) in [5, 5.41) is 10.8. The number of nitrogens with zero attached hydrogens (tertiary/aromatic N) is 1. The maximum atomic E-state index is 13.5. The normalized spacial score (nSPS) is 11.1. The molecule has 2 rings (SSSR count). The van der Waals surface area contributed by atoms with Gasteiger partial charge in [-0.1, -0.05) is 12.1 Å². The van der Waals surface area contributed by atoms with Gasteiger partial charge in [0.25, 0.3) is 15.7 Å². The third-order valence-corrected chi connectivity index (χ3v) is 4.02. The second kappa shape index (κ2) is 5.37. The summed E-state index contributed by atoms with van der Waals surface area (Å²) in [4.78, 5) is 9.46. The van der Waals surface area contributed by atoms with Crippen molar-refractivity contribution in [1.82, 2.24) is 0 Å². The number of hydrogen-bond acceptors (Lipinski definition) is 5. The fourth-order valence-electron chi connectivity index (χ4n) is 1.64. The summed E-state index contributed by atoms with van der Waals surface area (Å²) in [5.74, 6) is -0.921. The van der Waals surface area contributed by atoms with Crippen molar-refractivity contribution >= 4 is 27.1 Å². The molecule has 2 aromatic carbocycles. The highest BCUT2D eigenvalue weighted by Crippen LogP contribution is 2.27. The number of nitrogens with one attached hydrogen (secondary N) is 1. The summed E-state index contributed by atoms with van der Waals surface area (Å²) in [6.07, 6.45) is 0. The Morgan fingerprint density at radius 2 is 1.86 bits per heavy atom. The minimum Gasteiger partial charge on any atom is -0.393 e. The van der Waals surface area contributed by atoms with Crippen molar-refractivity contribution in [2.75, 3.05) is 10.5 Å². The van der Waals surface area contributed by atoms with Crippen LogP contribution in [0.25, 0.3) is 0 Å². The van der Waals surface area contributed by atoms with E-state index in [1.807, 2.05) is 0 Å². The number of benzene rings is 2. The van der Waals surface area contributed by atoms with Crippen molar-refractivity contribution in [3.05, 3.63) is 58.4 Å². The topological polar surface area (TPSA) is 115 Å². The van der Waals surface area contributed by atoms with Gasteiger partial charge in [-0.2, -0.15) is 0 Å². The van der Waals surface area contributed by atoms with Crippen LogP contribution in [0.1, 0.15) is 0 Å². The fraction of sp³-hybridized carbons (Fsp3) is 0. The molecule has 0 heterocycles. The van der Waals surface area contributed by atoms with E-state index in [1.54, 1.807) is 0 Å². The van der Waals surface area contributed by atoms with E-state index in [0.29, 0.717) is 0 Å². The largest absolute Gasteiger partial charge is 0.393 e. The Kier molecular flexibility index (Phi) is 3.76. The molecule has 3 N–H and O–H groups in total. The van der Waals surface area contributed by atoms with Crippen molar-refractivity contribution in [2.45, 2.75) is 4.90 Å². The van der Waals surface area contributed by atoms with E-state index >= 15 is 0 Å². The van der Waals surface area contributed by atoms with Gasteiger partial charge >= 0.3 is 0 Å². The molecule has 0 radical (unpaired) electrons. The first-order valence-electron chi connectivity index (χ1n) is 5.62. The third kappa shape index (κ3) is 3.08. The zero-order valence-corrected chi connectivity index (χ0v) is 11.3. The summed E-state index contributed by atoms with van der Waals surface area (Å²) in [6.45, 7) is 0. The molecule has 0 aliphatic carbocycles. The van der Waals surface area contributed by atoms with Gasteiger partial charge in [-0.3, -0.25) is 14.8 Å². The van der Waals surface area contributed by atoms with Crippen LogP contribution in [0.15, 0.2) is 47.4 Å². The number of rotatable bonds is 4. The molecule has 9 heteroatoms. The Hall–Kier alpha value is -2.68. The monoisotopic (exact) mass is 311 g/mol. The predicted molar refractivity (Wildman–Crippen MR) is 74.7 cm³/mol. The summed E-state index contributed by atoms with van der Waals surface area (Å²) in [7, 11) is -4.19. The zero-order chi connectivity index (χ0) is 15.6. The van der Waals surface area contributed by atoms with E-state index in [4.69, 9.17) is 5.73 Å². The molecule has 2 aromatic rings. The summed E-state index contributed by atoms with van der Waals surface area (Å²) < 4.78 is 39.7. The number of halogens is 1. The van der Waals surface area contributed by atoms with Gasteiger partial charge in [-0.25, -0.2) is 12.8 Å². The molecule has 0 spiro atoms. The van der Waals surface area contributed by atoms with E-state index in [-0.39, 0.29) is 11.4 Å². The van der Waals surface area contributed by atoms with Gasteiger partial charge in [-0.05, 0) is 24.3 Å². The van der Waals surface area contributed by atoms with Crippen molar-refractivity contribution in [1.29, 1.82) is 0 Å². The lowest BCUT2D eigenvalue weighted by Gasteiger charge is -2.09. The molecule has 0 bridgehead atoms. The van der Waals surface area contributed by atoms with E-state index in [2.05, 4.69) is 4.72 Å². The minimum absolute atomic E-state index is 0.0841. The molecule has 0 aliphatic rings. The number of nitrogens with two attached hydrogens (primary N) is 1. The highest BCUT2D eigenvalue weighted by atomic mass is 32.2. The molecule has 0 unspecified atom stereocenters. The number of nitro benzene ring substituents is 1. The molecule has 0 fully saturated rings. The molecule has 0 amide bonds. The number of sulfonamides is 1. The van der Waals surface area contributed by atoms with Crippen LogP contribution < -0.4 is 10.5 Å². The number of nitro groups is 1. The van der Waals surface area contributed by atoms with Crippen LogP contribution in [-0.4, -0.2) is 13.3 Å². The zero-order valence-electron chi connectivity index (χ0n) is 10.5. The van der Waals surface area contributed by atoms with Gasteiger partial charge in [0.15, 0.2) is 0 Å². The van der Waals surface area contributed by atoms with Crippen molar-refractivity contribution in [2.24, 2.45) is 0 Å². The van der Waals surface area contributed by atoms with Gasteiger partial charge in [0, 0.05) is 6.07 Å². The highest BCUT2D eigenvalue weighted by molar-refractivity contribution is 7.92. The van der Waals surface area contributed by atoms with Crippen LogP contribution in [0, 0.1) is 15.9 Å². The first-order chi connectivity index (χ1) is 9.81. The molecule has 0 aliphatic heterocycles. The van der Waals surface area contributed by atoms with E-state index in [9.17, 15) is 22.9 Å². The Morgan fingerprint density at radius 1 is 1.19 bits per heavy atom. The standard InChI is InChI=1S/C12H10FN3O4S/c13-9-3-1-2-4-12(9)21(19,20)15-8-5-6-10(14)11(7-8)16(17)18/h1-7,15H,14H2. The van der Waals surface area contributed by atoms with Crippen LogP contribution in [0.5, 0.6) is 0 Å². The Morgan fingerprint density at radius 3 is 2.48 bits per heavy atom. The van der Waals surface area contributed by atoms with Gasteiger partial charge in [-0.15, -0.1) is 0 Å². The maximum Gasteiger partial charge on any atom is 0.294 e. The van der Waals surface area contributed by atoms with Gasteiger partial charge < -0.3 is 5.73 Å². The molecule has 0 atom stereocenters. The van der Waals surface area contributed by atoms with Gasteiger partial charge in [0.1, 0.15) is 16.4 Å². The maximum absolute atomic E-state index is 13.5. The smallest absolute Gasteiger partial charge is 0.294 e. The van der Waals surface area contributed by atoms with Crippen molar-refractivity contribution in [3.8, 4) is 0 Å². The van der Waals surface area contributed by atoms with Crippen molar-refractivity contribution < 1.29 is 17.7 Å². The second-order valence-corrected chi connectivity index (χ2v) is 5.72. The van der Waals surface area contributed by atoms with Crippen LogP contribution in [-0.2, 0) is 10.0 Å². The summed E-state index contributed by atoms with van der Waals surface area (Å²) in [6, 6.07) is 8.21. The Balaban J connectivity index is 2.40. The highest BCUT2D eigenvalue weighted by Gasteiger charge is 2.20. The lowest BCUT2D eigenvalue weighted by atomic mass is 10.2. The third-order valence-electron chi connectivity index (χ3n) is 2.61. The van der Waals surface area contributed by atoms with E-state index in [0.717, 1.165) is 18.2 Å². The number of nitrogen functional groups attached to an aromatic ring is 1. The summed E-state index contributed by atoms with van der Waals surface area (Å²) >= 11 is 0. The fourth-order valence-corrected chi connectivity index (χ4v) is 2.77. The van der Waals surface area contributed by atoms with Crippen LogP contribution in [0.3, 0.4) is 0 Å². The first-order valence-corrected chi connectivity index (χ1v) is 7.11. The minimum atomic E-state index is -4.19. The van der Waals surface area contributed by atoms with E-state index < -0.39 is 31.3 Å². The molecule has 0 saturated heterocycles. The molecule has 0 aromatic heterocycles. The SMILES string of the molecule is Nc1ccc(NS(=O)(=O)c2ccccc2F)cc1[N+](=O)[O-]. The molecular formula is C12H10FN3O4S. The van der Waals surface area contributed by atoms with Gasteiger partial charge in [0.2, 0.25) is 0 Å². The average Bonchev–Trinajstić information content (AvgIpc) is 2.40.